The molecule has 112 valence electrons. The van der Waals surface area contributed by atoms with Crippen molar-refractivity contribution in [3.63, 3.8) is 0 Å². The van der Waals surface area contributed by atoms with E-state index in [1.165, 1.54) is 0 Å². The third-order valence-corrected chi connectivity index (χ3v) is 3.29. The zero-order valence-corrected chi connectivity index (χ0v) is 12.5. The van der Waals surface area contributed by atoms with Gasteiger partial charge in [0.2, 0.25) is 11.8 Å². The molecule has 0 spiro atoms. The molecule has 1 saturated carbocycles. The Kier molecular flexibility index (Phi) is 3.27. The van der Waals surface area contributed by atoms with E-state index in [0.29, 0.717) is 24.0 Å². The molecule has 0 unspecified atom stereocenters. The number of carbonyl (C=O) groups excluding carboxylic acids is 1. The van der Waals surface area contributed by atoms with Crippen molar-refractivity contribution in [2.45, 2.75) is 46.1 Å². The summed E-state index contributed by atoms with van der Waals surface area (Å²) in [4.78, 5) is 16.2. The lowest BCUT2D eigenvalue weighted by Crippen LogP contribution is -2.27. The molecular weight excluding hydrogens is 270 g/mol. The van der Waals surface area contributed by atoms with E-state index < -0.39 is 5.41 Å². The Morgan fingerprint density at radius 2 is 2.24 bits per heavy atom. The van der Waals surface area contributed by atoms with E-state index in [-0.39, 0.29) is 5.91 Å². The summed E-state index contributed by atoms with van der Waals surface area (Å²) in [7, 11) is 0. The molecular formula is C14H19N5O2. The predicted octanol–water partition coefficient (Wildman–Crippen LogP) is 2.18. The summed E-state index contributed by atoms with van der Waals surface area (Å²) in [6.07, 6.45) is 5.64. The standard InChI is InChI=1S/C14H19N5O2/c1-14(2,3)13(20)16-10-6-15-19(7-10)8-11-17-12(21-18-11)9-4-5-9/h6-7,9H,4-5,8H2,1-3H3,(H,16,20). The first-order chi connectivity index (χ1) is 9.91. The van der Waals surface area contributed by atoms with Crippen LogP contribution >= 0.6 is 0 Å². The van der Waals surface area contributed by atoms with Gasteiger partial charge in [0.15, 0.2) is 5.82 Å². The highest BCUT2D eigenvalue weighted by molar-refractivity contribution is 5.94. The van der Waals surface area contributed by atoms with Crippen LogP contribution in [0.15, 0.2) is 16.9 Å². The van der Waals surface area contributed by atoms with Crippen molar-refractivity contribution in [2.75, 3.05) is 5.32 Å². The summed E-state index contributed by atoms with van der Waals surface area (Å²) in [5, 5.41) is 11.0. The first-order valence-corrected chi connectivity index (χ1v) is 7.08. The molecule has 3 rings (SSSR count). The Morgan fingerprint density at radius 1 is 1.48 bits per heavy atom. The third kappa shape index (κ3) is 3.29. The number of carbonyl (C=O) groups is 1. The van der Waals surface area contributed by atoms with Crippen LogP contribution in [0, 0.1) is 5.41 Å². The van der Waals surface area contributed by atoms with Gasteiger partial charge in [0.05, 0.1) is 11.9 Å². The van der Waals surface area contributed by atoms with Gasteiger partial charge in [0.25, 0.3) is 0 Å². The van der Waals surface area contributed by atoms with Gasteiger partial charge in [-0.2, -0.15) is 10.1 Å². The molecule has 2 heterocycles. The molecule has 0 aromatic carbocycles. The van der Waals surface area contributed by atoms with E-state index in [4.69, 9.17) is 4.52 Å². The van der Waals surface area contributed by atoms with Crippen molar-refractivity contribution in [3.8, 4) is 0 Å². The third-order valence-electron chi connectivity index (χ3n) is 3.29. The van der Waals surface area contributed by atoms with Gasteiger partial charge in [-0.15, -0.1) is 0 Å². The normalized spacial score (nSPS) is 15.2. The number of amides is 1. The smallest absolute Gasteiger partial charge is 0.229 e. The van der Waals surface area contributed by atoms with Gasteiger partial charge in [-0.3, -0.25) is 9.48 Å². The van der Waals surface area contributed by atoms with Crippen LogP contribution in [0.4, 0.5) is 5.69 Å². The lowest BCUT2D eigenvalue weighted by Gasteiger charge is -2.16. The van der Waals surface area contributed by atoms with Crippen molar-refractivity contribution >= 4 is 11.6 Å². The summed E-state index contributed by atoms with van der Waals surface area (Å²) in [5.41, 5.74) is 0.232. The maximum absolute atomic E-state index is 11.9. The molecule has 21 heavy (non-hydrogen) atoms. The number of hydrogen-bond donors (Lipinski definition) is 1. The lowest BCUT2D eigenvalue weighted by atomic mass is 9.96. The summed E-state index contributed by atoms with van der Waals surface area (Å²) >= 11 is 0. The zero-order chi connectivity index (χ0) is 15.0. The fourth-order valence-electron chi connectivity index (χ4n) is 1.81. The highest BCUT2D eigenvalue weighted by Crippen LogP contribution is 2.38. The molecule has 1 N–H and O–H groups in total. The summed E-state index contributed by atoms with van der Waals surface area (Å²) in [6, 6.07) is 0. The molecule has 1 amide bonds. The maximum atomic E-state index is 11.9. The van der Waals surface area contributed by atoms with Gasteiger partial charge >= 0.3 is 0 Å². The second kappa shape index (κ2) is 4.98. The molecule has 2 aromatic heterocycles. The summed E-state index contributed by atoms with van der Waals surface area (Å²) < 4.78 is 6.89. The SMILES string of the molecule is CC(C)(C)C(=O)Nc1cnn(Cc2noc(C3CC3)n2)c1. The van der Waals surface area contributed by atoms with Crippen LogP contribution in [0.1, 0.15) is 51.2 Å². The first kappa shape index (κ1) is 13.8. The van der Waals surface area contributed by atoms with Gasteiger partial charge in [-0.1, -0.05) is 25.9 Å². The fraction of sp³-hybridized carbons (Fsp3) is 0.571. The van der Waals surface area contributed by atoms with Crippen LogP contribution in [-0.2, 0) is 11.3 Å². The lowest BCUT2D eigenvalue weighted by molar-refractivity contribution is -0.123. The zero-order valence-electron chi connectivity index (χ0n) is 12.5. The van der Waals surface area contributed by atoms with E-state index >= 15 is 0 Å². The Labute approximate surface area is 122 Å². The van der Waals surface area contributed by atoms with Crippen LogP contribution in [0.25, 0.3) is 0 Å². The Bertz CT molecular complexity index is 648. The van der Waals surface area contributed by atoms with Crippen LogP contribution < -0.4 is 5.32 Å². The van der Waals surface area contributed by atoms with E-state index in [2.05, 4.69) is 20.6 Å². The minimum Gasteiger partial charge on any atom is -0.339 e. The van der Waals surface area contributed by atoms with Crippen LogP contribution in [0.3, 0.4) is 0 Å². The highest BCUT2D eigenvalue weighted by atomic mass is 16.5. The molecule has 1 fully saturated rings. The number of nitrogens with one attached hydrogen (secondary N) is 1. The van der Waals surface area contributed by atoms with Crippen molar-refractivity contribution in [3.05, 3.63) is 24.1 Å². The van der Waals surface area contributed by atoms with Crippen molar-refractivity contribution < 1.29 is 9.32 Å². The van der Waals surface area contributed by atoms with E-state index in [9.17, 15) is 4.79 Å². The Balaban J connectivity index is 1.63. The number of aromatic nitrogens is 4. The Hall–Kier alpha value is -2.18. The number of nitrogens with zero attached hydrogens (tertiary/aromatic N) is 4. The first-order valence-electron chi connectivity index (χ1n) is 7.08. The predicted molar refractivity (Wildman–Crippen MR) is 75.7 cm³/mol. The number of rotatable bonds is 4. The van der Waals surface area contributed by atoms with Gasteiger partial charge in [0, 0.05) is 17.5 Å². The van der Waals surface area contributed by atoms with Gasteiger partial charge in [-0.05, 0) is 12.8 Å². The number of anilines is 1. The monoisotopic (exact) mass is 289 g/mol. The van der Waals surface area contributed by atoms with Gasteiger partial charge in [0.1, 0.15) is 6.54 Å². The van der Waals surface area contributed by atoms with E-state index in [1.807, 2.05) is 20.8 Å². The molecule has 0 saturated heterocycles. The maximum Gasteiger partial charge on any atom is 0.229 e. The average Bonchev–Trinajstić information content (AvgIpc) is 3.00. The molecule has 7 nitrogen and oxygen atoms in total. The molecule has 1 aliphatic rings. The van der Waals surface area contributed by atoms with E-state index in [0.717, 1.165) is 18.7 Å². The quantitative estimate of drug-likeness (QED) is 0.932. The van der Waals surface area contributed by atoms with Crippen LogP contribution in [0.5, 0.6) is 0 Å². The Morgan fingerprint density at radius 3 is 2.90 bits per heavy atom. The van der Waals surface area contributed by atoms with Crippen molar-refractivity contribution in [2.24, 2.45) is 5.41 Å². The summed E-state index contributed by atoms with van der Waals surface area (Å²) in [5.74, 6) is 1.73. The van der Waals surface area contributed by atoms with Gasteiger partial charge in [-0.25, -0.2) is 0 Å². The van der Waals surface area contributed by atoms with Crippen LogP contribution in [-0.4, -0.2) is 25.8 Å². The second-order valence-electron chi connectivity index (χ2n) is 6.45. The van der Waals surface area contributed by atoms with Crippen molar-refractivity contribution in [1.29, 1.82) is 0 Å². The average molecular weight is 289 g/mol. The molecule has 1 aliphatic carbocycles. The molecule has 0 aliphatic heterocycles. The number of hydrogen-bond acceptors (Lipinski definition) is 5. The second-order valence-corrected chi connectivity index (χ2v) is 6.45. The molecule has 2 aromatic rings. The van der Waals surface area contributed by atoms with Crippen LogP contribution in [0.2, 0.25) is 0 Å². The fourth-order valence-corrected chi connectivity index (χ4v) is 1.81. The largest absolute Gasteiger partial charge is 0.339 e. The minimum atomic E-state index is -0.436. The molecule has 0 bridgehead atoms. The van der Waals surface area contributed by atoms with E-state index in [1.54, 1.807) is 17.1 Å². The topological polar surface area (TPSA) is 85.8 Å². The highest BCUT2D eigenvalue weighted by Gasteiger charge is 2.29. The molecule has 0 atom stereocenters. The minimum absolute atomic E-state index is 0.0439. The molecule has 7 heteroatoms. The summed E-state index contributed by atoms with van der Waals surface area (Å²) in [6.45, 7) is 6.03. The van der Waals surface area contributed by atoms with Gasteiger partial charge < -0.3 is 9.84 Å². The van der Waals surface area contributed by atoms with Crippen molar-refractivity contribution in [1.82, 2.24) is 19.9 Å². The molecule has 0 radical (unpaired) electrons.